The second-order valence-corrected chi connectivity index (χ2v) is 11.8. The second kappa shape index (κ2) is 19.0. The minimum Gasteiger partial charge on any atom is -0.465 e. The highest BCUT2D eigenvalue weighted by atomic mass is 35.5. The molecule has 0 aliphatic heterocycles. The summed E-state index contributed by atoms with van der Waals surface area (Å²) in [7, 11) is 0. The van der Waals surface area contributed by atoms with Crippen molar-refractivity contribution in [2.75, 3.05) is 18.5 Å². The fraction of sp³-hybridized carbons (Fsp3) is 0.514. The lowest BCUT2D eigenvalue weighted by molar-refractivity contribution is -0.166. The van der Waals surface area contributed by atoms with Gasteiger partial charge in [-0.15, -0.1) is 0 Å². The van der Waals surface area contributed by atoms with E-state index >= 15 is 0 Å². The highest BCUT2D eigenvalue weighted by Crippen LogP contribution is 2.19. The van der Waals surface area contributed by atoms with Crippen LogP contribution in [-0.4, -0.2) is 36.5 Å². The number of carbonyl (C=O) groups is 3. The van der Waals surface area contributed by atoms with Crippen LogP contribution in [0.1, 0.15) is 108 Å². The topological polar surface area (TPSA) is 81.7 Å². The molecule has 2 rings (SSSR count). The number of rotatable bonds is 17. The van der Waals surface area contributed by atoms with E-state index in [2.05, 4.69) is 17.2 Å². The van der Waals surface area contributed by atoms with Crippen molar-refractivity contribution in [3.05, 3.63) is 64.7 Å². The maximum Gasteiger partial charge on any atom is 0.328 e. The molecule has 0 fully saturated rings. The quantitative estimate of drug-likeness (QED) is 0.0650. The van der Waals surface area contributed by atoms with Gasteiger partial charge in [0.15, 0.2) is 5.78 Å². The van der Waals surface area contributed by atoms with Crippen molar-refractivity contribution in [2.24, 2.45) is 5.92 Å². The molecule has 0 saturated heterocycles. The predicted octanol–water partition coefficient (Wildman–Crippen LogP) is 8.41. The van der Waals surface area contributed by atoms with Gasteiger partial charge in [0.2, 0.25) is 5.92 Å². The monoisotopic (exact) mass is 595 g/mol. The van der Waals surface area contributed by atoms with Crippen molar-refractivity contribution in [3.63, 3.8) is 0 Å². The first-order valence-corrected chi connectivity index (χ1v) is 15.5. The smallest absolute Gasteiger partial charge is 0.328 e. The van der Waals surface area contributed by atoms with Crippen molar-refractivity contribution in [1.82, 2.24) is 0 Å². The largest absolute Gasteiger partial charge is 0.465 e. The summed E-state index contributed by atoms with van der Waals surface area (Å²) in [5.41, 5.74) is 1.33. The molecule has 0 radical (unpaired) electrons. The van der Waals surface area contributed by atoms with Crippen molar-refractivity contribution >= 4 is 35.0 Å². The predicted molar refractivity (Wildman–Crippen MR) is 170 cm³/mol. The van der Waals surface area contributed by atoms with Crippen LogP contribution < -0.4 is 5.32 Å². The van der Waals surface area contributed by atoms with Crippen molar-refractivity contribution in [1.29, 1.82) is 0 Å². The molecule has 42 heavy (non-hydrogen) atoms. The molecule has 1 N–H and O–H groups in total. The van der Waals surface area contributed by atoms with Gasteiger partial charge in [0, 0.05) is 34.8 Å². The molecule has 0 aliphatic carbocycles. The number of ketones is 1. The zero-order valence-corrected chi connectivity index (χ0v) is 26.4. The first-order chi connectivity index (χ1) is 20.1. The Kier molecular flexibility index (Phi) is 15.8. The van der Waals surface area contributed by atoms with E-state index in [1.54, 1.807) is 52.0 Å². The molecule has 1 unspecified atom stereocenters. The Morgan fingerprint density at radius 2 is 1.38 bits per heavy atom. The third-order valence-electron chi connectivity index (χ3n) is 6.48. The van der Waals surface area contributed by atoms with Crippen molar-refractivity contribution in [2.45, 2.75) is 97.5 Å². The van der Waals surface area contributed by atoms with E-state index in [1.807, 2.05) is 24.3 Å². The number of anilines is 1. The summed E-state index contributed by atoms with van der Waals surface area (Å²) in [5.74, 6) is 2.38. The summed E-state index contributed by atoms with van der Waals surface area (Å²) in [5, 5.41) is 4.11. The third kappa shape index (κ3) is 14.0. The van der Waals surface area contributed by atoms with E-state index in [0.717, 1.165) is 42.1 Å². The molecule has 228 valence electrons. The number of esters is 2. The van der Waals surface area contributed by atoms with Crippen LogP contribution in [0.25, 0.3) is 0 Å². The van der Waals surface area contributed by atoms with Crippen LogP contribution in [0.15, 0.2) is 48.5 Å². The fourth-order valence-electron chi connectivity index (χ4n) is 4.32. The Labute approximate surface area is 256 Å². The average Bonchev–Trinajstić information content (AvgIpc) is 2.93. The van der Waals surface area contributed by atoms with Crippen LogP contribution in [0.4, 0.5) is 5.69 Å². The number of benzene rings is 2. The van der Waals surface area contributed by atoms with Gasteiger partial charge in [-0.25, -0.2) is 0 Å². The summed E-state index contributed by atoms with van der Waals surface area (Å²) in [6.45, 7) is 7.58. The van der Waals surface area contributed by atoms with E-state index in [1.165, 1.54) is 44.9 Å². The first kappa shape index (κ1) is 34.9. The van der Waals surface area contributed by atoms with Gasteiger partial charge in [0.1, 0.15) is 5.60 Å². The molecule has 2 aromatic rings. The Hall–Kier alpha value is -3.30. The lowest BCUT2D eigenvalue weighted by Gasteiger charge is -2.22. The Morgan fingerprint density at radius 1 is 0.810 bits per heavy atom. The number of hydrogen-bond donors (Lipinski definition) is 1. The molecular weight excluding hydrogens is 550 g/mol. The van der Waals surface area contributed by atoms with Crippen LogP contribution >= 0.6 is 11.6 Å². The third-order valence-corrected chi connectivity index (χ3v) is 6.73. The molecule has 0 heterocycles. The van der Waals surface area contributed by atoms with Crippen molar-refractivity contribution < 1.29 is 23.9 Å². The lowest BCUT2D eigenvalue weighted by Crippen LogP contribution is -2.38. The number of halogens is 1. The van der Waals surface area contributed by atoms with E-state index < -0.39 is 29.2 Å². The number of hydrogen-bond acceptors (Lipinski definition) is 6. The zero-order chi connectivity index (χ0) is 30.8. The zero-order valence-electron chi connectivity index (χ0n) is 25.6. The molecule has 0 amide bonds. The summed E-state index contributed by atoms with van der Waals surface area (Å²) in [6, 6.07) is 14.5. The number of Topliss-reactive ketones (excluding diaryl/α,β-unsaturated/α-hetero) is 1. The van der Waals surface area contributed by atoms with Gasteiger partial charge in [-0.1, -0.05) is 68.4 Å². The number of unbranched alkanes of at least 4 members (excludes halogenated alkanes) is 9. The molecule has 0 saturated carbocycles. The molecule has 7 heteroatoms. The van der Waals surface area contributed by atoms with Crippen molar-refractivity contribution in [3.8, 4) is 11.8 Å². The normalized spacial score (nSPS) is 11.6. The van der Waals surface area contributed by atoms with Gasteiger partial charge in [0.25, 0.3) is 0 Å². The molecule has 2 aromatic carbocycles. The van der Waals surface area contributed by atoms with Gasteiger partial charge >= 0.3 is 11.9 Å². The lowest BCUT2D eigenvalue weighted by atomic mass is 9.97. The standard InChI is InChI=1S/C35H46ClNO5/c1-5-41-33(39)31(34(40)42-35(2,3)4)32(38)28-20-24-30(25-21-28)37-26-16-14-12-10-8-6-7-9-11-13-15-17-27-18-22-29(36)23-19-27/h18-25,31,37H,5-14,16,26H2,1-4H3. The van der Waals surface area contributed by atoms with E-state index in [4.69, 9.17) is 21.1 Å². The highest BCUT2D eigenvalue weighted by Gasteiger charge is 2.39. The minimum absolute atomic E-state index is 0.0668. The number of nitrogens with one attached hydrogen (secondary N) is 1. The van der Waals surface area contributed by atoms with Crippen LogP contribution in [-0.2, 0) is 19.1 Å². The number of carbonyl (C=O) groups excluding carboxylic acids is 3. The van der Waals surface area contributed by atoms with Crippen LogP contribution in [0.5, 0.6) is 0 Å². The number of ether oxygens (including phenoxy) is 2. The molecular formula is C35H46ClNO5. The minimum atomic E-state index is -1.64. The maximum atomic E-state index is 13.0. The first-order valence-electron chi connectivity index (χ1n) is 15.1. The van der Waals surface area contributed by atoms with Gasteiger partial charge in [-0.2, -0.15) is 0 Å². The summed E-state index contributed by atoms with van der Waals surface area (Å²) in [4.78, 5) is 38.0. The highest BCUT2D eigenvalue weighted by molar-refractivity contribution is 6.30. The van der Waals surface area contributed by atoms with E-state index in [-0.39, 0.29) is 12.2 Å². The Bertz CT molecular complexity index is 1170. The van der Waals surface area contributed by atoms with Gasteiger partial charge in [0.05, 0.1) is 6.61 Å². The average molecular weight is 596 g/mol. The Balaban J connectivity index is 1.59. The molecule has 1 atom stereocenters. The summed E-state index contributed by atoms with van der Waals surface area (Å²) >= 11 is 5.89. The molecule has 0 aromatic heterocycles. The van der Waals surface area contributed by atoms with Gasteiger partial charge < -0.3 is 14.8 Å². The van der Waals surface area contributed by atoms with Gasteiger partial charge in [-0.05, 0) is 89.1 Å². The van der Waals surface area contributed by atoms with Crippen LogP contribution in [0.2, 0.25) is 5.02 Å². The van der Waals surface area contributed by atoms with E-state index in [0.29, 0.717) is 0 Å². The molecule has 0 bridgehead atoms. The molecule has 0 aliphatic rings. The van der Waals surface area contributed by atoms with Crippen LogP contribution in [0, 0.1) is 17.8 Å². The molecule has 0 spiro atoms. The van der Waals surface area contributed by atoms with Crippen LogP contribution in [0.3, 0.4) is 0 Å². The Morgan fingerprint density at radius 3 is 1.95 bits per heavy atom. The SMILES string of the molecule is CCOC(=O)C(C(=O)OC(C)(C)C)C(=O)c1ccc(NCCCCCCCCCCCC#Cc2ccc(Cl)cc2)cc1. The maximum absolute atomic E-state index is 13.0. The van der Waals surface area contributed by atoms with Gasteiger partial charge in [-0.3, -0.25) is 14.4 Å². The summed E-state index contributed by atoms with van der Waals surface area (Å²) < 4.78 is 10.3. The molecule has 6 nitrogen and oxygen atoms in total. The summed E-state index contributed by atoms with van der Waals surface area (Å²) in [6.07, 6.45) is 11.8. The van der Waals surface area contributed by atoms with E-state index in [9.17, 15) is 14.4 Å². The fourth-order valence-corrected chi connectivity index (χ4v) is 4.45. The second-order valence-electron chi connectivity index (χ2n) is 11.3.